The number of aliphatic hydroxyl groups excluding tert-OH is 1. The van der Waals surface area contributed by atoms with Gasteiger partial charge in [-0.25, -0.2) is 0 Å². The van der Waals surface area contributed by atoms with Crippen LogP contribution in [0.15, 0.2) is 30.3 Å². The Labute approximate surface area is 107 Å². The summed E-state index contributed by atoms with van der Waals surface area (Å²) in [5.41, 5.74) is 1.04. The molecule has 0 radical (unpaired) electrons. The molecule has 0 amide bonds. The lowest BCUT2D eigenvalue weighted by Crippen LogP contribution is -2.35. The monoisotopic (exact) mass is 248 g/mol. The van der Waals surface area contributed by atoms with Crippen molar-refractivity contribution in [2.24, 2.45) is 0 Å². The van der Waals surface area contributed by atoms with Crippen LogP contribution in [-0.2, 0) is 0 Å². The van der Waals surface area contributed by atoms with Crippen molar-refractivity contribution in [1.82, 2.24) is 10.3 Å². The summed E-state index contributed by atoms with van der Waals surface area (Å²) in [5.74, 6) is 0.694. The zero-order chi connectivity index (χ0) is 13.0. The molecule has 1 atom stereocenters. The number of hydrogen-bond donors (Lipinski definition) is 3. The molecule has 2 aromatic rings. The maximum atomic E-state index is 9.73. The number of fused-ring (bicyclic) bond motifs is 1. The van der Waals surface area contributed by atoms with Gasteiger partial charge in [0.25, 0.3) is 0 Å². The molecule has 0 saturated heterocycles. The van der Waals surface area contributed by atoms with Crippen molar-refractivity contribution in [1.29, 1.82) is 0 Å². The smallest absolute Gasteiger partial charge is 0.191 e. The summed E-state index contributed by atoms with van der Waals surface area (Å²) in [6.07, 6.45) is -0.501. The van der Waals surface area contributed by atoms with Gasteiger partial charge in [0.2, 0.25) is 0 Å². The van der Waals surface area contributed by atoms with Crippen LogP contribution in [0.4, 0.5) is 0 Å². The van der Waals surface area contributed by atoms with E-state index in [-0.39, 0.29) is 6.61 Å². The number of rotatable bonds is 6. The SMILES string of the molecule is CC(C)NCC(O)COc1cc2ccccc2[nH]1. The second-order valence-electron chi connectivity index (χ2n) is 4.75. The highest BCUT2D eigenvalue weighted by molar-refractivity contribution is 5.81. The number of nitrogens with one attached hydrogen (secondary N) is 2. The van der Waals surface area contributed by atoms with Crippen LogP contribution in [0.2, 0.25) is 0 Å². The molecule has 0 aliphatic rings. The number of H-pyrrole nitrogens is 1. The summed E-state index contributed by atoms with van der Waals surface area (Å²) in [4.78, 5) is 3.16. The number of benzene rings is 1. The van der Waals surface area contributed by atoms with E-state index in [1.54, 1.807) is 0 Å². The minimum absolute atomic E-state index is 0.284. The third-order valence-electron chi connectivity index (χ3n) is 2.70. The minimum Gasteiger partial charge on any atom is -0.476 e. The van der Waals surface area contributed by atoms with E-state index in [9.17, 15) is 5.11 Å². The Balaban J connectivity index is 1.86. The van der Waals surface area contributed by atoms with Crippen LogP contribution in [0.1, 0.15) is 13.8 Å². The minimum atomic E-state index is -0.501. The zero-order valence-electron chi connectivity index (χ0n) is 10.8. The van der Waals surface area contributed by atoms with Crippen LogP contribution in [0.3, 0.4) is 0 Å². The first kappa shape index (κ1) is 12.9. The Morgan fingerprint density at radius 2 is 2.11 bits per heavy atom. The molecule has 3 N–H and O–H groups in total. The van der Waals surface area contributed by atoms with Gasteiger partial charge in [0.15, 0.2) is 5.88 Å². The molecule has 98 valence electrons. The van der Waals surface area contributed by atoms with Crippen molar-refractivity contribution in [3.63, 3.8) is 0 Å². The van der Waals surface area contributed by atoms with Gasteiger partial charge in [0.05, 0.1) is 0 Å². The lowest BCUT2D eigenvalue weighted by molar-refractivity contribution is 0.102. The average molecular weight is 248 g/mol. The summed E-state index contributed by atoms with van der Waals surface area (Å²) in [7, 11) is 0. The Morgan fingerprint density at radius 3 is 2.83 bits per heavy atom. The summed E-state index contributed by atoms with van der Waals surface area (Å²) >= 11 is 0. The lowest BCUT2D eigenvalue weighted by atomic mass is 10.3. The van der Waals surface area contributed by atoms with Crippen LogP contribution >= 0.6 is 0 Å². The second kappa shape index (κ2) is 5.89. The quantitative estimate of drug-likeness (QED) is 0.732. The van der Waals surface area contributed by atoms with Gasteiger partial charge in [-0.3, -0.25) is 0 Å². The average Bonchev–Trinajstić information content (AvgIpc) is 2.76. The Kier molecular flexibility index (Phi) is 4.23. The van der Waals surface area contributed by atoms with E-state index in [1.807, 2.05) is 44.2 Å². The van der Waals surface area contributed by atoms with Crippen LogP contribution in [0, 0.1) is 0 Å². The second-order valence-corrected chi connectivity index (χ2v) is 4.75. The van der Waals surface area contributed by atoms with E-state index < -0.39 is 6.10 Å². The van der Waals surface area contributed by atoms with E-state index in [0.29, 0.717) is 18.5 Å². The van der Waals surface area contributed by atoms with E-state index in [4.69, 9.17) is 4.74 Å². The van der Waals surface area contributed by atoms with Crippen molar-refractivity contribution in [2.75, 3.05) is 13.2 Å². The van der Waals surface area contributed by atoms with Crippen molar-refractivity contribution in [2.45, 2.75) is 26.0 Å². The fourth-order valence-electron chi connectivity index (χ4n) is 1.74. The van der Waals surface area contributed by atoms with Crippen molar-refractivity contribution < 1.29 is 9.84 Å². The number of ether oxygens (including phenoxy) is 1. The molecule has 1 aromatic carbocycles. The summed E-state index contributed by atoms with van der Waals surface area (Å²) in [6.45, 7) is 4.92. The van der Waals surface area contributed by atoms with Crippen molar-refractivity contribution in [3.8, 4) is 5.88 Å². The Bertz CT molecular complexity index is 460. The van der Waals surface area contributed by atoms with Gasteiger partial charge in [-0.05, 0) is 6.07 Å². The van der Waals surface area contributed by atoms with Gasteiger partial charge in [-0.2, -0.15) is 0 Å². The molecule has 1 aromatic heterocycles. The first-order valence-corrected chi connectivity index (χ1v) is 6.27. The van der Waals surface area contributed by atoms with E-state index in [2.05, 4.69) is 10.3 Å². The first-order valence-electron chi connectivity index (χ1n) is 6.27. The fraction of sp³-hybridized carbons (Fsp3) is 0.429. The number of para-hydroxylation sites is 1. The number of hydrogen-bond acceptors (Lipinski definition) is 3. The first-order chi connectivity index (χ1) is 8.65. The van der Waals surface area contributed by atoms with Gasteiger partial charge in [-0.1, -0.05) is 32.0 Å². The predicted octanol–water partition coefficient (Wildman–Crippen LogP) is 1.91. The summed E-state index contributed by atoms with van der Waals surface area (Å²) in [5, 5.41) is 14.0. The molecular weight excluding hydrogens is 228 g/mol. The highest BCUT2D eigenvalue weighted by Crippen LogP contribution is 2.19. The number of aromatic amines is 1. The molecule has 0 bridgehead atoms. The van der Waals surface area contributed by atoms with Crippen LogP contribution in [0.25, 0.3) is 10.9 Å². The van der Waals surface area contributed by atoms with Gasteiger partial charge in [0, 0.05) is 29.6 Å². The lowest BCUT2D eigenvalue weighted by Gasteiger charge is -2.14. The maximum Gasteiger partial charge on any atom is 0.191 e. The highest BCUT2D eigenvalue weighted by atomic mass is 16.5. The highest BCUT2D eigenvalue weighted by Gasteiger charge is 2.07. The molecule has 0 fully saturated rings. The molecule has 4 nitrogen and oxygen atoms in total. The van der Waals surface area contributed by atoms with Crippen LogP contribution in [0.5, 0.6) is 5.88 Å². The third kappa shape index (κ3) is 3.48. The van der Waals surface area contributed by atoms with Gasteiger partial charge < -0.3 is 20.1 Å². The molecule has 4 heteroatoms. The maximum absolute atomic E-state index is 9.73. The van der Waals surface area contributed by atoms with Crippen molar-refractivity contribution >= 4 is 10.9 Å². The number of aliphatic hydroxyl groups is 1. The van der Waals surface area contributed by atoms with Gasteiger partial charge >= 0.3 is 0 Å². The zero-order valence-corrected chi connectivity index (χ0v) is 10.8. The Hall–Kier alpha value is -1.52. The molecule has 1 heterocycles. The van der Waals surface area contributed by atoms with Crippen LogP contribution < -0.4 is 10.1 Å². The molecular formula is C14H20N2O2. The normalized spacial score (nSPS) is 13.1. The van der Waals surface area contributed by atoms with Gasteiger partial charge in [0.1, 0.15) is 12.7 Å². The molecule has 0 spiro atoms. The number of aromatic nitrogens is 1. The van der Waals surface area contributed by atoms with E-state index in [1.165, 1.54) is 0 Å². The molecule has 2 rings (SSSR count). The standard InChI is InChI=1S/C14H20N2O2/c1-10(2)15-8-12(17)9-18-14-7-11-5-3-4-6-13(11)16-14/h3-7,10,12,15-17H,8-9H2,1-2H3. The topological polar surface area (TPSA) is 57.3 Å². The van der Waals surface area contributed by atoms with Crippen LogP contribution in [-0.4, -0.2) is 35.4 Å². The fourth-order valence-corrected chi connectivity index (χ4v) is 1.74. The van der Waals surface area contributed by atoms with Gasteiger partial charge in [-0.15, -0.1) is 0 Å². The largest absolute Gasteiger partial charge is 0.476 e. The molecule has 1 unspecified atom stereocenters. The molecule has 18 heavy (non-hydrogen) atoms. The molecule has 0 aliphatic heterocycles. The van der Waals surface area contributed by atoms with E-state index >= 15 is 0 Å². The predicted molar refractivity (Wildman–Crippen MR) is 72.9 cm³/mol. The molecule has 0 saturated carbocycles. The van der Waals surface area contributed by atoms with Crippen molar-refractivity contribution in [3.05, 3.63) is 30.3 Å². The Morgan fingerprint density at radius 1 is 1.33 bits per heavy atom. The third-order valence-corrected chi connectivity index (χ3v) is 2.70. The molecule has 0 aliphatic carbocycles. The van der Waals surface area contributed by atoms with E-state index in [0.717, 1.165) is 10.9 Å². The summed E-state index contributed by atoms with van der Waals surface area (Å²) < 4.78 is 5.54. The summed E-state index contributed by atoms with van der Waals surface area (Å²) in [6, 6.07) is 10.3.